The van der Waals surface area contributed by atoms with Crippen molar-refractivity contribution in [1.29, 1.82) is 0 Å². The third-order valence-electron chi connectivity index (χ3n) is 5.08. The lowest BCUT2D eigenvalue weighted by Gasteiger charge is -2.32. The van der Waals surface area contributed by atoms with E-state index in [0.29, 0.717) is 11.9 Å². The van der Waals surface area contributed by atoms with Crippen LogP contribution in [0.2, 0.25) is 0 Å². The standard InChI is InChI=1S/C18H20N6O/c1-22-12-24(13-5-8-25-9-6-13)18-15(22)11-20-17(21-18)14-10-19-16-4-2-3-7-23(14)16/h2-4,7,10-11,13H,5-6,8-9,12H2,1H3. The maximum absolute atomic E-state index is 5.52. The molecule has 0 unspecified atom stereocenters. The minimum absolute atomic E-state index is 0.474. The predicted molar refractivity (Wildman–Crippen MR) is 95.8 cm³/mol. The molecule has 0 aliphatic carbocycles. The van der Waals surface area contributed by atoms with Crippen molar-refractivity contribution in [2.45, 2.75) is 18.9 Å². The molecule has 0 spiro atoms. The fourth-order valence-corrected chi connectivity index (χ4v) is 3.73. The zero-order valence-corrected chi connectivity index (χ0v) is 14.2. The Balaban J connectivity index is 1.58. The van der Waals surface area contributed by atoms with Crippen LogP contribution >= 0.6 is 0 Å². The summed E-state index contributed by atoms with van der Waals surface area (Å²) in [7, 11) is 2.09. The zero-order chi connectivity index (χ0) is 16.8. The number of hydrogen-bond acceptors (Lipinski definition) is 6. The van der Waals surface area contributed by atoms with Gasteiger partial charge in [0.1, 0.15) is 11.3 Å². The molecule has 0 aromatic carbocycles. The van der Waals surface area contributed by atoms with Crippen molar-refractivity contribution in [3.8, 4) is 11.5 Å². The van der Waals surface area contributed by atoms with Crippen LogP contribution in [0.5, 0.6) is 0 Å². The fourth-order valence-electron chi connectivity index (χ4n) is 3.73. The van der Waals surface area contributed by atoms with Gasteiger partial charge in [-0.05, 0) is 25.0 Å². The minimum Gasteiger partial charge on any atom is -0.381 e. The Morgan fingerprint density at radius 1 is 1.12 bits per heavy atom. The Bertz CT molecular complexity index is 917. The summed E-state index contributed by atoms with van der Waals surface area (Å²) in [4.78, 5) is 18.6. The van der Waals surface area contributed by atoms with Gasteiger partial charge in [-0.2, -0.15) is 0 Å². The van der Waals surface area contributed by atoms with E-state index in [9.17, 15) is 0 Å². The first kappa shape index (κ1) is 14.7. The molecule has 25 heavy (non-hydrogen) atoms. The first-order chi connectivity index (χ1) is 12.3. The van der Waals surface area contributed by atoms with Crippen LogP contribution in [0.15, 0.2) is 36.8 Å². The normalized spacial score (nSPS) is 18.1. The van der Waals surface area contributed by atoms with Gasteiger partial charge in [-0.3, -0.25) is 4.40 Å². The molecule has 2 aliphatic heterocycles. The van der Waals surface area contributed by atoms with Crippen LogP contribution in [0.4, 0.5) is 11.5 Å². The summed E-state index contributed by atoms with van der Waals surface area (Å²) in [5, 5.41) is 0. The van der Waals surface area contributed by atoms with Crippen molar-refractivity contribution < 1.29 is 4.74 Å². The Labute approximate surface area is 145 Å². The number of pyridine rings is 1. The summed E-state index contributed by atoms with van der Waals surface area (Å²) < 4.78 is 7.55. The number of aromatic nitrogens is 4. The summed E-state index contributed by atoms with van der Waals surface area (Å²) in [6.07, 6.45) is 7.86. The highest BCUT2D eigenvalue weighted by molar-refractivity contribution is 5.74. The number of rotatable bonds is 2. The second-order valence-corrected chi connectivity index (χ2v) is 6.63. The van der Waals surface area contributed by atoms with Gasteiger partial charge in [-0.1, -0.05) is 6.07 Å². The number of imidazole rings is 1. The Morgan fingerprint density at radius 3 is 2.88 bits per heavy atom. The molecule has 1 fully saturated rings. The molecular formula is C18H20N6O. The summed E-state index contributed by atoms with van der Waals surface area (Å²) in [6, 6.07) is 6.44. The van der Waals surface area contributed by atoms with E-state index < -0.39 is 0 Å². The molecule has 3 aromatic rings. The van der Waals surface area contributed by atoms with E-state index in [1.807, 2.05) is 41.2 Å². The first-order valence-electron chi connectivity index (χ1n) is 8.66. The van der Waals surface area contributed by atoms with Gasteiger partial charge in [0.15, 0.2) is 11.6 Å². The van der Waals surface area contributed by atoms with Crippen LogP contribution in [0.1, 0.15) is 12.8 Å². The highest BCUT2D eigenvalue weighted by Gasteiger charge is 2.32. The largest absolute Gasteiger partial charge is 0.381 e. The lowest BCUT2D eigenvalue weighted by Crippen LogP contribution is -2.41. The van der Waals surface area contributed by atoms with Crippen molar-refractivity contribution in [3.05, 3.63) is 36.8 Å². The summed E-state index contributed by atoms with van der Waals surface area (Å²) in [5.74, 6) is 1.73. The number of hydrogen-bond donors (Lipinski definition) is 0. The van der Waals surface area contributed by atoms with E-state index >= 15 is 0 Å². The molecule has 5 heterocycles. The molecule has 5 rings (SSSR count). The van der Waals surface area contributed by atoms with Gasteiger partial charge in [0, 0.05) is 32.5 Å². The maximum atomic E-state index is 5.52. The summed E-state index contributed by atoms with van der Waals surface area (Å²) >= 11 is 0. The predicted octanol–water partition coefficient (Wildman–Crippen LogP) is 2.18. The molecule has 3 aromatic heterocycles. The lowest BCUT2D eigenvalue weighted by atomic mass is 10.1. The van der Waals surface area contributed by atoms with Crippen LogP contribution in [-0.2, 0) is 4.74 Å². The van der Waals surface area contributed by atoms with Gasteiger partial charge in [-0.25, -0.2) is 15.0 Å². The quantitative estimate of drug-likeness (QED) is 0.715. The smallest absolute Gasteiger partial charge is 0.180 e. The van der Waals surface area contributed by atoms with Gasteiger partial charge in [0.2, 0.25) is 0 Å². The van der Waals surface area contributed by atoms with Crippen LogP contribution in [0.3, 0.4) is 0 Å². The number of anilines is 2. The number of fused-ring (bicyclic) bond motifs is 2. The SMILES string of the molecule is CN1CN(C2CCOCC2)c2nc(-c3cnc4ccccn34)ncc21. The van der Waals surface area contributed by atoms with Crippen LogP contribution in [-0.4, -0.2) is 52.3 Å². The van der Waals surface area contributed by atoms with E-state index in [1.165, 1.54) is 0 Å². The summed E-state index contributed by atoms with van der Waals surface area (Å²) in [5.41, 5.74) is 2.91. The highest BCUT2D eigenvalue weighted by Crippen LogP contribution is 2.37. The molecule has 0 bridgehead atoms. The van der Waals surface area contributed by atoms with Gasteiger partial charge in [0.25, 0.3) is 0 Å². The van der Waals surface area contributed by atoms with Crippen molar-refractivity contribution >= 4 is 17.2 Å². The van der Waals surface area contributed by atoms with Gasteiger partial charge in [-0.15, -0.1) is 0 Å². The molecule has 0 saturated carbocycles. The molecule has 0 N–H and O–H groups in total. The molecule has 0 radical (unpaired) electrons. The van der Waals surface area contributed by atoms with Crippen LogP contribution in [0.25, 0.3) is 17.2 Å². The van der Waals surface area contributed by atoms with E-state index in [2.05, 4.69) is 26.8 Å². The highest BCUT2D eigenvalue weighted by atomic mass is 16.5. The molecule has 128 valence electrons. The fraction of sp³-hybridized carbons (Fsp3) is 0.389. The average molecular weight is 336 g/mol. The zero-order valence-electron chi connectivity index (χ0n) is 14.2. The average Bonchev–Trinajstić information content (AvgIpc) is 3.24. The monoisotopic (exact) mass is 336 g/mol. The van der Waals surface area contributed by atoms with E-state index in [0.717, 1.165) is 55.6 Å². The topological polar surface area (TPSA) is 58.8 Å². The van der Waals surface area contributed by atoms with Gasteiger partial charge in [0.05, 0.1) is 24.7 Å². The third-order valence-corrected chi connectivity index (χ3v) is 5.08. The Morgan fingerprint density at radius 2 is 2.00 bits per heavy atom. The number of ether oxygens (including phenoxy) is 1. The number of nitrogens with zero attached hydrogens (tertiary/aromatic N) is 6. The van der Waals surface area contributed by atoms with Crippen LogP contribution < -0.4 is 9.80 Å². The van der Waals surface area contributed by atoms with Crippen molar-refractivity contribution in [2.24, 2.45) is 0 Å². The van der Waals surface area contributed by atoms with E-state index in [-0.39, 0.29) is 0 Å². The maximum Gasteiger partial charge on any atom is 0.180 e. The van der Waals surface area contributed by atoms with Crippen molar-refractivity contribution in [2.75, 3.05) is 36.7 Å². The first-order valence-corrected chi connectivity index (χ1v) is 8.66. The molecule has 0 atom stereocenters. The second-order valence-electron chi connectivity index (χ2n) is 6.63. The van der Waals surface area contributed by atoms with Gasteiger partial charge >= 0.3 is 0 Å². The second kappa shape index (κ2) is 5.70. The molecular weight excluding hydrogens is 316 g/mol. The van der Waals surface area contributed by atoms with E-state index in [1.54, 1.807) is 0 Å². The van der Waals surface area contributed by atoms with Crippen molar-refractivity contribution in [1.82, 2.24) is 19.4 Å². The lowest BCUT2D eigenvalue weighted by molar-refractivity contribution is 0.0847. The minimum atomic E-state index is 0.474. The Hall–Kier alpha value is -2.67. The molecule has 0 amide bonds. The third kappa shape index (κ3) is 2.34. The summed E-state index contributed by atoms with van der Waals surface area (Å²) in [6.45, 7) is 2.50. The van der Waals surface area contributed by atoms with Crippen LogP contribution in [0, 0.1) is 0 Å². The molecule has 2 aliphatic rings. The molecule has 7 nitrogen and oxygen atoms in total. The van der Waals surface area contributed by atoms with Crippen molar-refractivity contribution in [3.63, 3.8) is 0 Å². The van der Waals surface area contributed by atoms with Gasteiger partial charge < -0.3 is 14.5 Å². The Kier molecular flexibility index (Phi) is 3.34. The molecule has 1 saturated heterocycles. The molecule has 7 heteroatoms. The van der Waals surface area contributed by atoms with E-state index in [4.69, 9.17) is 9.72 Å².